The molecule has 0 bridgehead atoms. The SMILES string of the molecule is COc1cc2cc(C3(CN)CCCCC3)nc(CCCC(CCCC(=O)CCc3ccc(F)cc3)(c3ccccc3)c3ccccc3)c2cc1OC. The summed E-state index contributed by atoms with van der Waals surface area (Å²) in [5.74, 6) is 1.40. The van der Waals surface area contributed by atoms with E-state index in [1.807, 2.05) is 0 Å². The van der Waals surface area contributed by atoms with E-state index in [0.29, 0.717) is 37.3 Å². The Morgan fingerprint density at radius 3 is 2.00 bits per heavy atom. The molecule has 1 aliphatic rings. The topological polar surface area (TPSA) is 74.4 Å². The number of aryl methyl sites for hydroxylation is 2. The minimum absolute atomic E-state index is 0.116. The van der Waals surface area contributed by atoms with Crippen LogP contribution in [0.5, 0.6) is 11.5 Å². The third-order valence-corrected chi connectivity index (χ3v) is 11.5. The number of hydrogen-bond acceptors (Lipinski definition) is 5. The number of nitrogens with two attached hydrogens (primary N) is 1. The van der Waals surface area contributed by atoms with Crippen LogP contribution in [0.25, 0.3) is 10.8 Å². The van der Waals surface area contributed by atoms with Crippen LogP contribution in [0.3, 0.4) is 0 Å². The quantitative estimate of drug-likeness (QED) is 0.105. The lowest BCUT2D eigenvalue weighted by Crippen LogP contribution is -2.38. The number of methoxy groups -OCH3 is 2. The molecule has 1 heterocycles. The summed E-state index contributed by atoms with van der Waals surface area (Å²) in [4.78, 5) is 18.6. The summed E-state index contributed by atoms with van der Waals surface area (Å²) in [6, 6.07) is 34.4. The van der Waals surface area contributed by atoms with E-state index in [1.165, 1.54) is 42.5 Å². The third-order valence-electron chi connectivity index (χ3n) is 11.5. The van der Waals surface area contributed by atoms with Gasteiger partial charge >= 0.3 is 0 Å². The second kappa shape index (κ2) is 17.3. The van der Waals surface area contributed by atoms with Gasteiger partial charge in [-0.2, -0.15) is 0 Å². The molecule has 0 spiro atoms. The lowest BCUT2D eigenvalue weighted by Gasteiger charge is -2.37. The minimum Gasteiger partial charge on any atom is -0.493 e. The summed E-state index contributed by atoms with van der Waals surface area (Å²) in [5, 5.41) is 2.19. The summed E-state index contributed by atoms with van der Waals surface area (Å²) in [5.41, 5.74) is 11.8. The summed E-state index contributed by atoms with van der Waals surface area (Å²) in [7, 11) is 3.36. The van der Waals surface area contributed by atoms with Gasteiger partial charge in [0, 0.05) is 47.0 Å². The number of fused-ring (bicyclic) bond motifs is 1. The Morgan fingerprint density at radius 1 is 0.769 bits per heavy atom. The first-order valence-electron chi connectivity index (χ1n) is 19.0. The second-order valence-corrected chi connectivity index (χ2v) is 14.6. The van der Waals surface area contributed by atoms with E-state index in [0.717, 1.165) is 72.7 Å². The number of nitrogens with zero attached hydrogens (tertiary/aromatic N) is 1. The Bertz CT molecular complexity index is 1860. The van der Waals surface area contributed by atoms with E-state index < -0.39 is 0 Å². The number of rotatable bonds is 17. The molecule has 5 nitrogen and oxygen atoms in total. The summed E-state index contributed by atoms with van der Waals surface area (Å²) >= 11 is 0. The molecule has 52 heavy (non-hydrogen) atoms. The van der Waals surface area contributed by atoms with E-state index in [2.05, 4.69) is 78.9 Å². The van der Waals surface area contributed by atoms with Crippen LogP contribution < -0.4 is 15.2 Å². The van der Waals surface area contributed by atoms with E-state index in [4.69, 9.17) is 20.2 Å². The van der Waals surface area contributed by atoms with E-state index in [-0.39, 0.29) is 22.4 Å². The van der Waals surface area contributed by atoms with Crippen LogP contribution >= 0.6 is 0 Å². The van der Waals surface area contributed by atoms with Gasteiger partial charge in [-0.15, -0.1) is 0 Å². The Kier molecular flexibility index (Phi) is 12.4. The molecule has 2 N–H and O–H groups in total. The number of pyridine rings is 1. The van der Waals surface area contributed by atoms with Gasteiger partial charge in [0.05, 0.1) is 14.2 Å². The number of Topliss-reactive ketones (excluding diaryl/α,β-unsaturated/α-hetero) is 1. The molecule has 0 radical (unpaired) electrons. The number of carbonyl (C=O) groups excluding carboxylic acids is 1. The molecular formula is C46H53FN2O3. The van der Waals surface area contributed by atoms with Gasteiger partial charge in [-0.05, 0) is 104 Å². The zero-order valence-electron chi connectivity index (χ0n) is 30.8. The highest BCUT2D eigenvalue weighted by molar-refractivity contribution is 5.88. The minimum atomic E-state index is -0.282. The Labute approximate surface area is 308 Å². The predicted octanol–water partition coefficient (Wildman–Crippen LogP) is 10.2. The maximum atomic E-state index is 13.4. The fourth-order valence-electron chi connectivity index (χ4n) is 8.49. The zero-order valence-corrected chi connectivity index (χ0v) is 30.8. The van der Waals surface area contributed by atoms with E-state index in [1.54, 1.807) is 26.4 Å². The van der Waals surface area contributed by atoms with Crippen molar-refractivity contribution in [1.29, 1.82) is 0 Å². The van der Waals surface area contributed by atoms with Crippen molar-refractivity contribution in [3.63, 3.8) is 0 Å². The highest BCUT2D eigenvalue weighted by Gasteiger charge is 2.36. The zero-order chi connectivity index (χ0) is 36.4. The molecule has 1 saturated carbocycles. The summed E-state index contributed by atoms with van der Waals surface area (Å²) < 4.78 is 24.9. The Morgan fingerprint density at radius 2 is 1.38 bits per heavy atom. The third kappa shape index (κ3) is 8.39. The number of halogens is 1. The molecule has 0 unspecified atom stereocenters. The number of carbonyl (C=O) groups is 1. The van der Waals surface area contributed by atoms with Crippen LogP contribution in [-0.2, 0) is 28.5 Å². The number of benzene rings is 4. The molecule has 5 aromatic rings. The van der Waals surface area contributed by atoms with Gasteiger partial charge in [-0.1, -0.05) is 92.1 Å². The molecular weight excluding hydrogens is 648 g/mol. The molecule has 1 aliphatic carbocycles. The van der Waals surface area contributed by atoms with Crippen molar-refractivity contribution in [2.45, 2.75) is 94.3 Å². The molecule has 1 aromatic heterocycles. The molecule has 0 amide bonds. The lowest BCUT2D eigenvalue weighted by molar-refractivity contribution is -0.119. The van der Waals surface area contributed by atoms with Crippen LogP contribution in [0.2, 0.25) is 0 Å². The van der Waals surface area contributed by atoms with Crippen molar-refractivity contribution in [2.75, 3.05) is 20.8 Å². The highest BCUT2D eigenvalue weighted by Crippen LogP contribution is 2.44. The number of hydrogen-bond donors (Lipinski definition) is 1. The van der Waals surface area contributed by atoms with Crippen LogP contribution in [0, 0.1) is 5.82 Å². The first-order chi connectivity index (χ1) is 25.4. The molecule has 0 atom stereocenters. The monoisotopic (exact) mass is 700 g/mol. The number of ketones is 1. The van der Waals surface area contributed by atoms with Gasteiger partial charge in [-0.25, -0.2) is 4.39 Å². The first-order valence-corrected chi connectivity index (χ1v) is 19.0. The summed E-state index contributed by atoms with van der Waals surface area (Å²) in [6.07, 6.45) is 11.5. The normalized spacial score (nSPS) is 14.3. The van der Waals surface area contributed by atoms with Crippen LogP contribution in [-0.4, -0.2) is 31.5 Å². The summed E-state index contributed by atoms with van der Waals surface area (Å²) in [6.45, 7) is 0.589. The first kappa shape index (κ1) is 37.2. The molecule has 0 aliphatic heterocycles. The fraction of sp³-hybridized carbons (Fsp3) is 0.391. The molecule has 1 fully saturated rings. The average Bonchev–Trinajstić information content (AvgIpc) is 3.20. The highest BCUT2D eigenvalue weighted by atomic mass is 19.1. The number of ether oxygens (including phenoxy) is 2. The Balaban J connectivity index is 1.30. The van der Waals surface area contributed by atoms with Gasteiger partial charge in [0.1, 0.15) is 11.6 Å². The van der Waals surface area contributed by atoms with Crippen molar-refractivity contribution in [3.8, 4) is 11.5 Å². The lowest BCUT2D eigenvalue weighted by atomic mass is 9.68. The predicted molar refractivity (Wildman–Crippen MR) is 209 cm³/mol. The maximum Gasteiger partial charge on any atom is 0.161 e. The van der Waals surface area contributed by atoms with Crippen molar-refractivity contribution in [1.82, 2.24) is 4.98 Å². The van der Waals surface area contributed by atoms with Crippen LogP contribution in [0.15, 0.2) is 103 Å². The van der Waals surface area contributed by atoms with Gasteiger partial charge in [0.25, 0.3) is 0 Å². The van der Waals surface area contributed by atoms with E-state index >= 15 is 0 Å². The van der Waals surface area contributed by atoms with Gasteiger partial charge < -0.3 is 15.2 Å². The molecule has 6 heteroatoms. The van der Waals surface area contributed by atoms with Crippen LogP contribution in [0.1, 0.15) is 98.7 Å². The largest absolute Gasteiger partial charge is 0.493 e. The standard InChI is InChI=1S/C46H53FN2O3/c1-51-42-30-35-31-44(45(33-48)26-10-5-11-27-45)49-41(40(35)32-43(42)52-2)19-13-29-46(36-14-6-3-7-15-36,37-16-8-4-9-17-37)28-12-18-39(50)25-22-34-20-23-38(47)24-21-34/h3-4,6-9,14-17,20-21,23-24,30-32H,5,10-13,18-19,22,25-29,33,48H2,1-2H3. The second-order valence-electron chi connectivity index (χ2n) is 14.6. The van der Waals surface area contributed by atoms with Crippen LogP contribution in [0.4, 0.5) is 4.39 Å². The molecule has 4 aromatic carbocycles. The molecule has 0 saturated heterocycles. The van der Waals surface area contributed by atoms with E-state index in [9.17, 15) is 9.18 Å². The Hall–Kier alpha value is -4.55. The molecule has 6 rings (SSSR count). The smallest absolute Gasteiger partial charge is 0.161 e. The van der Waals surface area contributed by atoms with Crippen molar-refractivity contribution in [3.05, 3.63) is 137 Å². The average molecular weight is 701 g/mol. The number of aromatic nitrogens is 1. The van der Waals surface area contributed by atoms with Gasteiger partial charge in [0.2, 0.25) is 0 Å². The van der Waals surface area contributed by atoms with Crippen molar-refractivity contribution in [2.24, 2.45) is 5.73 Å². The van der Waals surface area contributed by atoms with Gasteiger partial charge in [0.15, 0.2) is 11.5 Å². The van der Waals surface area contributed by atoms with Gasteiger partial charge in [-0.3, -0.25) is 9.78 Å². The van der Waals surface area contributed by atoms with Crippen molar-refractivity contribution < 1.29 is 18.7 Å². The fourth-order valence-corrected chi connectivity index (χ4v) is 8.49. The maximum absolute atomic E-state index is 13.4. The van der Waals surface area contributed by atoms with Crippen molar-refractivity contribution >= 4 is 16.6 Å². The molecule has 272 valence electrons.